The van der Waals surface area contributed by atoms with Gasteiger partial charge in [-0.3, -0.25) is 4.79 Å². The molecule has 20 heavy (non-hydrogen) atoms. The van der Waals surface area contributed by atoms with Crippen LogP contribution in [-0.2, 0) is 17.8 Å². The van der Waals surface area contributed by atoms with E-state index in [1.54, 1.807) is 0 Å². The number of carbonyl (C=O) groups is 1. The van der Waals surface area contributed by atoms with Crippen LogP contribution in [0, 0.1) is 0 Å². The van der Waals surface area contributed by atoms with E-state index in [0.717, 1.165) is 16.9 Å². The molecule has 2 rings (SSSR count). The molecule has 2 N–H and O–H groups in total. The molecule has 0 aliphatic heterocycles. The van der Waals surface area contributed by atoms with Crippen molar-refractivity contribution in [3.8, 4) is 5.75 Å². The molecular weight excluding hydrogens is 250 g/mol. The number of ketones is 1. The van der Waals surface area contributed by atoms with Crippen LogP contribution in [0.25, 0.3) is 0 Å². The Morgan fingerprint density at radius 1 is 1.05 bits per heavy atom. The van der Waals surface area contributed by atoms with Gasteiger partial charge in [0.1, 0.15) is 18.1 Å². The Labute approximate surface area is 119 Å². The molecule has 3 heteroatoms. The van der Waals surface area contributed by atoms with Crippen LogP contribution in [0.2, 0.25) is 0 Å². The Balaban J connectivity index is 1.90. The minimum absolute atomic E-state index is 0.00871. The summed E-state index contributed by atoms with van der Waals surface area (Å²) >= 11 is 0. The van der Waals surface area contributed by atoms with E-state index in [2.05, 4.69) is 0 Å². The lowest BCUT2D eigenvalue weighted by Crippen LogP contribution is -2.30. The Bertz CT molecular complexity index is 549. The Morgan fingerprint density at radius 2 is 1.70 bits per heavy atom. The Hall–Kier alpha value is -2.13. The number of benzene rings is 2. The fraction of sp³-hybridized carbons (Fsp3) is 0.235. The first-order valence-corrected chi connectivity index (χ1v) is 6.67. The van der Waals surface area contributed by atoms with E-state index in [1.165, 1.54) is 6.92 Å². The van der Waals surface area contributed by atoms with Crippen molar-refractivity contribution in [1.82, 2.24) is 0 Å². The largest absolute Gasteiger partial charge is 0.489 e. The van der Waals surface area contributed by atoms with Crippen molar-refractivity contribution in [2.75, 3.05) is 0 Å². The van der Waals surface area contributed by atoms with Gasteiger partial charge in [-0.1, -0.05) is 42.5 Å². The first kappa shape index (κ1) is 14.3. The standard InChI is InChI=1S/C17H19NO2/c1-13(19)17(18)11-14-7-9-16(10-8-14)20-12-15-5-3-2-4-6-15/h2-10,17H,11-12,18H2,1H3/t17-/m1/s1. The highest BCUT2D eigenvalue weighted by molar-refractivity contribution is 5.81. The number of Topliss-reactive ketones (excluding diaryl/α,β-unsaturated/α-hetero) is 1. The van der Waals surface area contributed by atoms with Crippen molar-refractivity contribution < 1.29 is 9.53 Å². The number of hydrogen-bond acceptors (Lipinski definition) is 3. The first-order valence-electron chi connectivity index (χ1n) is 6.67. The minimum atomic E-state index is -0.425. The molecule has 0 unspecified atom stereocenters. The third-order valence-corrected chi connectivity index (χ3v) is 3.15. The summed E-state index contributed by atoms with van der Waals surface area (Å²) in [5, 5.41) is 0. The van der Waals surface area contributed by atoms with Gasteiger partial charge >= 0.3 is 0 Å². The van der Waals surface area contributed by atoms with Crippen LogP contribution in [0.5, 0.6) is 5.75 Å². The lowest BCUT2D eigenvalue weighted by Gasteiger charge is -2.09. The highest BCUT2D eigenvalue weighted by Crippen LogP contribution is 2.15. The summed E-state index contributed by atoms with van der Waals surface area (Å²) in [7, 11) is 0. The molecule has 1 atom stereocenters. The summed E-state index contributed by atoms with van der Waals surface area (Å²) in [5.74, 6) is 0.823. The van der Waals surface area contributed by atoms with Crippen LogP contribution in [0.15, 0.2) is 54.6 Å². The molecule has 0 aromatic heterocycles. The second-order valence-corrected chi connectivity index (χ2v) is 4.84. The SMILES string of the molecule is CC(=O)[C@H](N)Cc1ccc(OCc2ccccc2)cc1. The van der Waals surface area contributed by atoms with E-state index >= 15 is 0 Å². The monoisotopic (exact) mass is 269 g/mol. The van der Waals surface area contributed by atoms with Crippen LogP contribution >= 0.6 is 0 Å². The quantitative estimate of drug-likeness (QED) is 0.877. The fourth-order valence-corrected chi connectivity index (χ4v) is 1.86. The topological polar surface area (TPSA) is 52.3 Å². The smallest absolute Gasteiger partial charge is 0.146 e. The van der Waals surface area contributed by atoms with E-state index in [9.17, 15) is 4.79 Å². The maximum atomic E-state index is 11.1. The zero-order valence-corrected chi connectivity index (χ0v) is 11.6. The lowest BCUT2D eigenvalue weighted by molar-refractivity contribution is -0.118. The molecule has 0 aliphatic rings. The summed E-state index contributed by atoms with van der Waals surface area (Å²) in [4.78, 5) is 11.1. The van der Waals surface area contributed by atoms with Gasteiger partial charge in [-0.25, -0.2) is 0 Å². The zero-order valence-electron chi connectivity index (χ0n) is 11.6. The average Bonchev–Trinajstić information content (AvgIpc) is 2.47. The molecular formula is C17H19NO2. The molecule has 0 fully saturated rings. The normalized spacial score (nSPS) is 11.9. The predicted molar refractivity (Wildman–Crippen MR) is 79.6 cm³/mol. The molecule has 0 spiro atoms. The van der Waals surface area contributed by atoms with Gasteiger partial charge in [0.15, 0.2) is 0 Å². The van der Waals surface area contributed by atoms with Gasteiger partial charge in [-0.15, -0.1) is 0 Å². The number of hydrogen-bond donors (Lipinski definition) is 1. The Kier molecular flexibility index (Phi) is 4.91. The van der Waals surface area contributed by atoms with Gasteiger partial charge in [0, 0.05) is 0 Å². The van der Waals surface area contributed by atoms with Crippen LogP contribution in [0.3, 0.4) is 0 Å². The van der Waals surface area contributed by atoms with Crippen LogP contribution < -0.4 is 10.5 Å². The van der Waals surface area contributed by atoms with E-state index in [4.69, 9.17) is 10.5 Å². The second kappa shape index (κ2) is 6.87. The van der Waals surface area contributed by atoms with Crippen LogP contribution in [0.4, 0.5) is 0 Å². The predicted octanol–water partition coefficient (Wildman–Crippen LogP) is 2.72. The van der Waals surface area contributed by atoms with E-state index in [-0.39, 0.29) is 5.78 Å². The molecule has 0 aliphatic carbocycles. The fourth-order valence-electron chi connectivity index (χ4n) is 1.86. The molecule has 2 aromatic rings. The molecule has 0 amide bonds. The highest BCUT2D eigenvalue weighted by Gasteiger charge is 2.08. The summed E-state index contributed by atoms with van der Waals surface area (Å²) in [6, 6.07) is 17.3. The van der Waals surface area contributed by atoms with E-state index < -0.39 is 6.04 Å². The molecule has 0 bridgehead atoms. The van der Waals surface area contributed by atoms with Crippen molar-refractivity contribution in [3.63, 3.8) is 0 Å². The van der Waals surface area contributed by atoms with Crippen molar-refractivity contribution in [3.05, 3.63) is 65.7 Å². The van der Waals surface area contributed by atoms with Crippen LogP contribution in [0.1, 0.15) is 18.1 Å². The first-order chi connectivity index (χ1) is 9.65. The van der Waals surface area contributed by atoms with Crippen LogP contribution in [-0.4, -0.2) is 11.8 Å². The molecule has 0 saturated heterocycles. The summed E-state index contributed by atoms with van der Waals surface area (Å²) in [6.07, 6.45) is 0.564. The Morgan fingerprint density at radius 3 is 2.30 bits per heavy atom. The minimum Gasteiger partial charge on any atom is -0.489 e. The third kappa shape index (κ3) is 4.21. The summed E-state index contributed by atoms with van der Waals surface area (Å²) < 4.78 is 5.70. The molecule has 2 aromatic carbocycles. The number of nitrogens with two attached hydrogens (primary N) is 1. The summed E-state index contributed by atoms with van der Waals surface area (Å²) in [5.41, 5.74) is 7.92. The molecule has 0 radical (unpaired) electrons. The number of rotatable bonds is 6. The van der Waals surface area contributed by atoms with Gasteiger partial charge < -0.3 is 10.5 Å². The number of ether oxygens (including phenoxy) is 1. The van der Waals surface area contributed by atoms with Gasteiger partial charge in [-0.2, -0.15) is 0 Å². The second-order valence-electron chi connectivity index (χ2n) is 4.84. The maximum Gasteiger partial charge on any atom is 0.146 e. The molecule has 0 heterocycles. The van der Waals surface area contributed by atoms with Gasteiger partial charge in [0.2, 0.25) is 0 Å². The van der Waals surface area contributed by atoms with Gasteiger partial charge in [-0.05, 0) is 36.6 Å². The van der Waals surface area contributed by atoms with E-state index in [0.29, 0.717) is 13.0 Å². The summed E-state index contributed by atoms with van der Waals surface area (Å²) in [6.45, 7) is 2.06. The van der Waals surface area contributed by atoms with Crippen molar-refractivity contribution in [2.24, 2.45) is 5.73 Å². The van der Waals surface area contributed by atoms with Gasteiger partial charge in [0.05, 0.1) is 6.04 Å². The zero-order chi connectivity index (χ0) is 14.4. The molecule has 3 nitrogen and oxygen atoms in total. The third-order valence-electron chi connectivity index (χ3n) is 3.15. The molecule has 0 saturated carbocycles. The lowest BCUT2D eigenvalue weighted by atomic mass is 10.0. The van der Waals surface area contributed by atoms with E-state index in [1.807, 2.05) is 54.6 Å². The average molecular weight is 269 g/mol. The molecule has 104 valence electrons. The van der Waals surface area contributed by atoms with Crippen molar-refractivity contribution >= 4 is 5.78 Å². The van der Waals surface area contributed by atoms with Gasteiger partial charge in [0.25, 0.3) is 0 Å². The highest BCUT2D eigenvalue weighted by atomic mass is 16.5. The maximum absolute atomic E-state index is 11.1. The van der Waals surface area contributed by atoms with Crippen molar-refractivity contribution in [1.29, 1.82) is 0 Å². The van der Waals surface area contributed by atoms with Crippen molar-refractivity contribution in [2.45, 2.75) is 26.0 Å². The number of carbonyl (C=O) groups excluding carboxylic acids is 1.